The Morgan fingerprint density at radius 1 is 1.12 bits per heavy atom. The van der Waals surface area contributed by atoms with Crippen LogP contribution in [0.2, 0.25) is 5.02 Å². The molecule has 0 radical (unpaired) electrons. The van der Waals surface area contributed by atoms with Crippen LogP contribution in [0.3, 0.4) is 0 Å². The number of rotatable bonds is 5. The molecular weight excluding hydrogens is 342 g/mol. The van der Waals surface area contributed by atoms with Gasteiger partial charge in [-0.3, -0.25) is 10.1 Å². The number of nitrogens with zero attached hydrogens (tertiary/aromatic N) is 2. The van der Waals surface area contributed by atoms with Crippen LogP contribution in [-0.4, -0.2) is 16.1 Å². The van der Waals surface area contributed by atoms with Gasteiger partial charge >= 0.3 is 0 Å². The Labute approximate surface area is 149 Å². The van der Waals surface area contributed by atoms with Gasteiger partial charge in [-0.1, -0.05) is 60.2 Å². The van der Waals surface area contributed by atoms with Gasteiger partial charge in [-0.2, -0.15) is 0 Å². The number of carbonyl (C=O) groups excluding carboxylic acids is 1. The lowest BCUT2D eigenvalue weighted by Gasteiger charge is -2.11. The van der Waals surface area contributed by atoms with Crippen LogP contribution in [0.15, 0.2) is 54.6 Å². The summed E-state index contributed by atoms with van der Waals surface area (Å²) in [6.45, 7) is 2.12. The van der Waals surface area contributed by atoms with Gasteiger partial charge in [0.25, 0.3) is 5.91 Å². The molecule has 1 atom stereocenters. The van der Waals surface area contributed by atoms with Crippen molar-refractivity contribution < 1.29 is 4.79 Å². The highest BCUT2D eigenvalue weighted by Crippen LogP contribution is 2.31. The molecule has 0 spiro atoms. The summed E-state index contributed by atoms with van der Waals surface area (Å²) < 4.78 is 0. The Bertz CT molecular complexity index is 818. The summed E-state index contributed by atoms with van der Waals surface area (Å²) in [6, 6.07) is 16.9. The van der Waals surface area contributed by atoms with E-state index in [9.17, 15) is 4.79 Å². The topological polar surface area (TPSA) is 54.9 Å². The van der Waals surface area contributed by atoms with Crippen molar-refractivity contribution in [2.75, 3.05) is 5.32 Å². The van der Waals surface area contributed by atoms with Gasteiger partial charge in [0.2, 0.25) is 5.13 Å². The zero-order valence-corrected chi connectivity index (χ0v) is 14.6. The van der Waals surface area contributed by atoms with Crippen molar-refractivity contribution in [3.8, 4) is 0 Å². The normalized spacial score (nSPS) is 11.9. The number of carbonyl (C=O) groups is 1. The smallest absolute Gasteiger partial charge is 0.257 e. The van der Waals surface area contributed by atoms with E-state index in [0.29, 0.717) is 15.7 Å². The molecular formula is C18H16ClN3OS. The van der Waals surface area contributed by atoms with E-state index in [1.807, 2.05) is 18.2 Å². The molecule has 1 N–H and O–H groups in total. The molecule has 122 valence electrons. The fraction of sp³-hybridized carbons (Fsp3) is 0.167. The molecule has 3 aromatic rings. The second-order valence-electron chi connectivity index (χ2n) is 5.28. The minimum absolute atomic E-state index is 0.185. The molecule has 2 aromatic carbocycles. The highest BCUT2D eigenvalue weighted by atomic mass is 35.5. The van der Waals surface area contributed by atoms with Crippen LogP contribution in [-0.2, 0) is 0 Å². The number of halogens is 1. The molecule has 4 nitrogen and oxygen atoms in total. The Hall–Kier alpha value is -2.24. The number of amides is 1. The molecule has 0 aliphatic rings. The minimum Gasteiger partial charge on any atom is -0.296 e. The van der Waals surface area contributed by atoms with E-state index in [2.05, 4.69) is 34.6 Å². The predicted octanol–water partition coefficient (Wildman–Crippen LogP) is 4.99. The highest BCUT2D eigenvalue weighted by Gasteiger charge is 2.18. The molecule has 1 heterocycles. The molecule has 1 amide bonds. The van der Waals surface area contributed by atoms with E-state index in [4.69, 9.17) is 11.6 Å². The molecule has 24 heavy (non-hydrogen) atoms. The predicted molar refractivity (Wildman–Crippen MR) is 97.9 cm³/mol. The molecule has 0 aliphatic heterocycles. The molecule has 0 bridgehead atoms. The molecule has 0 unspecified atom stereocenters. The van der Waals surface area contributed by atoms with Crippen LogP contribution >= 0.6 is 22.9 Å². The third-order valence-electron chi connectivity index (χ3n) is 3.68. The lowest BCUT2D eigenvalue weighted by molar-refractivity contribution is 0.102. The summed E-state index contributed by atoms with van der Waals surface area (Å²) in [5, 5.41) is 13.1. The van der Waals surface area contributed by atoms with Crippen LogP contribution in [0.5, 0.6) is 0 Å². The summed E-state index contributed by atoms with van der Waals surface area (Å²) >= 11 is 7.24. The van der Waals surface area contributed by atoms with E-state index in [1.54, 1.807) is 24.3 Å². The summed E-state index contributed by atoms with van der Waals surface area (Å²) in [7, 11) is 0. The summed E-state index contributed by atoms with van der Waals surface area (Å²) in [5.41, 5.74) is 1.73. The maximum Gasteiger partial charge on any atom is 0.257 e. The third kappa shape index (κ3) is 3.80. The Balaban J connectivity index is 1.75. The van der Waals surface area contributed by atoms with Crippen LogP contribution in [0, 0.1) is 0 Å². The van der Waals surface area contributed by atoms with Crippen LogP contribution in [0.4, 0.5) is 5.13 Å². The molecule has 1 aromatic heterocycles. The zero-order chi connectivity index (χ0) is 16.9. The van der Waals surface area contributed by atoms with Crippen LogP contribution in [0.1, 0.15) is 40.2 Å². The first-order valence-corrected chi connectivity index (χ1v) is 8.82. The van der Waals surface area contributed by atoms with Crippen molar-refractivity contribution in [2.24, 2.45) is 0 Å². The molecule has 0 fully saturated rings. The number of nitrogens with one attached hydrogen (secondary N) is 1. The van der Waals surface area contributed by atoms with E-state index in [0.717, 1.165) is 11.4 Å². The average molecular weight is 358 g/mol. The van der Waals surface area contributed by atoms with Crippen LogP contribution < -0.4 is 5.32 Å². The first-order chi connectivity index (χ1) is 11.7. The fourth-order valence-electron chi connectivity index (χ4n) is 2.43. The fourth-order valence-corrected chi connectivity index (χ4v) is 3.51. The van der Waals surface area contributed by atoms with Crippen molar-refractivity contribution in [1.82, 2.24) is 10.2 Å². The standard InChI is InChI=1S/C18H16ClN3OS/c1-2-15(12-6-4-3-5-7-12)17-21-22-18(24-17)20-16(23)13-8-10-14(19)11-9-13/h3-11,15H,2H2,1H3,(H,20,22,23)/t15-/m1/s1. The summed E-state index contributed by atoms with van der Waals surface area (Å²) in [6.07, 6.45) is 0.920. The minimum atomic E-state index is -0.220. The van der Waals surface area contributed by atoms with E-state index >= 15 is 0 Å². The Morgan fingerprint density at radius 3 is 2.50 bits per heavy atom. The number of anilines is 1. The second kappa shape index (κ2) is 7.55. The van der Waals surface area contributed by atoms with E-state index < -0.39 is 0 Å². The second-order valence-corrected chi connectivity index (χ2v) is 6.72. The lowest BCUT2D eigenvalue weighted by Crippen LogP contribution is -2.11. The third-order valence-corrected chi connectivity index (χ3v) is 4.88. The number of aromatic nitrogens is 2. The molecule has 0 saturated heterocycles. The van der Waals surface area contributed by atoms with Gasteiger partial charge in [0.1, 0.15) is 5.01 Å². The lowest BCUT2D eigenvalue weighted by atomic mass is 9.97. The number of benzene rings is 2. The SMILES string of the molecule is CC[C@H](c1ccccc1)c1nnc(NC(=O)c2ccc(Cl)cc2)s1. The average Bonchev–Trinajstić information content (AvgIpc) is 3.05. The van der Waals surface area contributed by atoms with Crippen molar-refractivity contribution in [1.29, 1.82) is 0 Å². The molecule has 0 saturated carbocycles. The van der Waals surface area contributed by atoms with E-state index in [-0.39, 0.29) is 11.8 Å². The molecule has 3 rings (SSSR count). The van der Waals surface area contributed by atoms with Gasteiger partial charge in [-0.05, 0) is 36.2 Å². The monoisotopic (exact) mass is 357 g/mol. The molecule has 6 heteroatoms. The summed E-state index contributed by atoms with van der Waals surface area (Å²) in [4.78, 5) is 12.2. The number of hydrogen-bond donors (Lipinski definition) is 1. The summed E-state index contributed by atoms with van der Waals surface area (Å²) in [5.74, 6) is -0.0352. The molecule has 0 aliphatic carbocycles. The van der Waals surface area contributed by atoms with Gasteiger partial charge in [-0.25, -0.2) is 0 Å². The van der Waals surface area contributed by atoms with E-state index in [1.165, 1.54) is 16.9 Å². The van der Waals surface area contributed by atoms with Gasteiger partial charge < -0.3 is 0 Å². The van der Waals surface area contributed by atoms with Crippen molar-refractivity contribution >= 4 is 34.0 Å². The van der Waals surface area contributed by atoms with Crippen molar-refractivity contribution in [3.05, 3.63) is 75.8 Å². The largest absolute Gasteiger partial charge is 0.296 e. The Morgan fingerprint density at radius 2 is 1.83 bits per heavy atom. The zero-order valence-electron chi connectivity index (χ0n) is 13.1. The quantitative estimate of drug-likeness (QED) is 0.700. The maximum atomic E-state index is 12.2. The van der Waals surface area contributed by atoms with Gasteiger partial charge in [0.15, 0.2) is 0 Å². The van der Waals surface area contributed by atoms with Gasteiger partial charge in [-0.15, -0.1) is 10.2 Å². The first kappa shape index (κ1) is 16.6. The van der Waals surface area contributed by atoms with Gasteiger partial charge in [0, 0.05) is 16.5 Å². The first-order valence-electron chi connectivity index (χ1n) is 7.62. The highest BCUT2D eigenvalue weighted by molar-refractivity contribution is 7.15. The van der Waals surface area contributed by atoms with Gasteiger partial charge in [0.05, 0.1) is 0 Å². The van der Waals surface area contributed by atoms with Crippen molar-refractivity contribution in [3.63, 3.8) is 0 Å². The maximum absolute atomic E-state index is 12.2. The number of hydrogen-bond acceptors (Lipinski definition) is 4. The van der Waals surface area contributed by atoms with Crippen molar-refractivity contribution in [2.45, 2.75) is 19.3 Å². The Kier molecular flexibility index (Phi) is 5.23. The van der Waals surface area contributed by atoms with Crippen LogP contribution in [0.25, 0.3) is 0 Å².